The molecule has 1 amide bonds. The Morgan fingerprint density at radius 2 is 2.00 bits per heavy atom. The molecule has 5 nitrogen and oxygen atoms in total. The Hall–Kier alpha value is -1.49. The van der Waals surface area contributed by atoms with Crippen molar-refractivity contribution in [2.75, 3.05) is 18.9 Å². The van der Waals surface area contributed by atoms with Crippen LogP contribution in [0.3, 0.4) is 0 Å². The van der Waals surface area contributed by atoms with Crippen LogP contribution in [0.2, 0.25) is 0 Å². The lowest BCUT2D eigenvalue weighted by Gasteiger charge is -2.34. The molecule has 1 heterocycles. The van der Waals surface area contributed by atoms with E-state index in [9.17, 15) is 9.90 Å². The van der Waals surface area contributed by atoms with E-state index in [0.717, 1.165) is 25.7 Å². The monoisotopic (exact) mass is 291 g/mol. The number of rotatable bonds is 5. The minimum atomic E-state index is 0.0157. The zero-order valence-electron chi connectivity index (χ0n) is 12.5. The zero-order chi connectivity index (χ0) is 14.8. The molecule has 116 valence electrons. The van der Waals surface area contributed by atoms with Gasteiger partial charge >= 0.3 is 0 Å². The fraction of sp³-hybridized carbons (Fsp3) is 0.688. The number of carbonyl (C=O) groups excluding carboxylic acids is 1. The number of aromatic nitrogens is 1. The number of aliphatic hydroxyl groups is 1. The van der Waals surface area contributed by atoms with Gasteiger partial charge in [-0.2, -0.15) is 0 Å². The van der Waals surface area contributed by atoms with Crippen LogP contribution in [0.25, 0.3) is 0 Å². The number of nitrogen functional groups attached to an aromatic ring is 1. The van der Waals surface area contributed by atoms with Gasteiger partial charge in [-0.15, -0.1) is 0 Å². The zero-order valence-corrected chi connectivity index (χ0v) is 12.5. The van der Waals surface area contributed by atoms with Crippen molar-refractivity contribution < 1.29 is 9.90 Å². The Balaban J connectivity index is 1.82. The Kier molecular flexibility index (Phi) is 4.19. The van der Waals surface area contributed by atoms with Crippen LogP contribution in [0.4, 0.5) is 5.69 Å². The van der Waals surface area contributed by atoms with E-state index in [4.69, 9.17) is 5.73 Å². The number of nitrogens with two attached hydrogens (primary N) is 1. The van der Waals surface area contributed by atoms with Crippen molar-refractivity contribution in [1.29, 1.82) is 0 Å². The Morgan fingerprint density at radius 3 is 2.62 bits per heavy atom. The minimum Gasteiger partial charge on any atom is -0.397 e. The highest BCUT2D eigenvalue weighted by molar-refractivity contribution is 5.94. The molecule has 0 bridgehead atoms. The first-order chi connectivity index (χ1) is 10.2. The summed E-state index contributed by atoms with van der Waals surface area (Å²) in [5.74, 6) is 0.0274. The summed E-state index contributed by atoms with van der Waals surface area (Å²) in [5, 5.41) is 9.33. The molecule has 2 fully saturated rings. The Morgan fingerprint density at radius 1 is 1.29 bits per heavy atom. The summed E-state index contributed by atoms with van der Waals surface area (Å²) >= 11 is 0. The van der Waals surface area contributed by atoms with Crippen molar-refractivity contribution in [3.63, 3.8) is 0 Å². The van der Waals surface area contributed by atoms with Gasteiger partial charge in [-0.25, -0.2) is 0 Å². The summed E-state index contributed by atoms with van der Waals surface area (Å²) < 4.78 is 2.03. The molecular formula is C16H25N3O2. The first kappa shape index (κ1) is 14.4. The first-order valence-electron chi connectivity index (χ1n) is 8.10. The largest absolute Gasteiger partial charge is 0.397 e. The molecule has 2 saturated carbocycles. The normalized spacial score (nSPS) is 19.7. The molecule has 3 rings (SSSR count). The lowest BCUT2D eigenvalue weighted by atomic mass is 9.94. The van der Waals surface area contributed by atoms with Gasteiger partial charge in [0.2, 0.25) is 0 Å². The van der Waals surface area contributed by atoms with E-state index in [1.54, 1.807) is 6.07 Å². The summed E-state index contributed by atoms with van der Waals surface area (Å²) in [4.78, 5) is 14.8. The fourth-order valence-electron chi connectivity index (χ4n) is 3.42. The molecule has 3 N–H and O–H groups in total. The van der Waals surface area contributed by atoms with Gasteiger partial charge in [-0.1, -0.05) is 19.3 Å². The maximum atomic E-state index is 12.9. The average Bonchev–Trinajstić information content (AvgIpc) is 3.27. The molecule has 0 radical (unpaired) electrons. The minimum absolute atomic E-state index is 0.0157. The molecule has 0 aromatic carbocycles. The average molecular weight is 291 g/mol. The smallest absolute Gasteiger partial charge is 0.270 e. The van der Waals surface area contributed by atoms with E-state index < -0.39 is 0 Å². The van der Waals surface area contributed by atoms with Crippen LogP contribution in [0.15, 0.2) is 12.3 Å². The molecule has 2 aliphatic carbocycles. The van der Waals surface area contributed by atoms with Crippen LogP contribution in [-0.4, -0.2) is 39.7 Å². The highest BCUT2D eigenvalue weighted by atomic mass is 16.3. The maximum Gasteiger partial charge on any atom is 0.270 e. The van der Waals surface area contributed by atoms with Crippen molar-refractivity contribution in [3.05, 3.63) is 18.0 Å². The lowest BCUT2D eigenvalue weighted by Crippen LogP contribution is -2.43. The summed E-state index contributed by atoms with van der Waals surface area (Å²) in [6.45, 7) is 0.432. The lowest BCUT2D eigenvalue weighted by molar-refractivity contribution is 0.0574. The fourth-order valence-corrected chi connectivity index (χ4v) is 3.42. The molecule has 5 heteroatoms. The van der Waals surface area contributed by atoms with Crippen LogP contribution in [-0.2, 0) is 0 Å². The first-order valence-corrected chi connectivity index (χ1v) is 8.10. The van der Waals surface area contributed by atoms with Gasteiger partial charge in [0.15, 0.2) is 0 Å². The van der Waals surface area contributed by atoms with Crippen molar-refractivity contribution in [2.45, 2.75) is 57.0 Å². The van der Waals surface area contributed by atoms with E-state index in [-0.39, 0.29) is 18.6 Å². The second-order valence-corrected chi connectivity index (χ2v) is 6.31. The second-order valence-electron chi connectivity index (χ2n) is 6.31. The van der Waals surface area contributed by atoms with Crippen LogP contribution in [0.5, 0.6) is 0 Å². The van der Waals surface area contributed by atoms with E-state index in [1.165, 1.54) is 19.3 Å². The third-order valence-electron chi connectivity index (χ3n) is 4.65. The number of hydrogen-bond acceptors (Lipinski definition) is 3. The summed E-state index contributed by atoms with van der Waals surface area (Å²) in [6, 6.07) is 2.49. The number of nitrogens with zero attached hydrogens (tertiary/aromatic N) is 2. The number of aliphatic hydroxyl groups excluding tert-OH is 1. The molecular weight excluding hydrogens is 266 g/mol. The van der Waals surface area contributed by atoms with E-state index in [0.29, 0.717) is 24.0 Å². The van der Waals surface area contributed by atoms with E-state index >= 15 is 0 Å². The molecule has 1 aromatic heterocycles. The van der Waals surface area contributed by atoms with Gasteiger partial charge in [-0.3, -0.25) is 4.79 Å². The quantitative estimate of drug-likeness (QED) is 0.873. The van der Waals surface area contributed by atoms with Crippen LogP contribution >= 0.6 is 0 Å². The molecule has 0 aliphatic heterocycles. The van der Waals surface area contributed by atoms with E-state index in [1.807, 2.05) is 15.7 Å². The number of carbonyl (C=O) groups is 1. The highest BCUT2D eigenvalue weighted by Crippen LogP contribution is 2.37. The molecule has 1 aromatic rings. The second kappa shape index (κ2) is 6.10. The molecule has 0 atom stereocenters. The molecule has 0 unspecified atom stereocenters. The van der Waals surface area contributed by atoms with Crippen molar-refractivity contribution in [2.24, 2.45) is 0 Å². The molecule has 2 aliphatic rings. The van der Waals surface area contributed by atoms with Gasteiger partial charge in [0, 0.05) is 24.8 Å². The Bertz CT molecular complexity index is 502. The standard InChI is InChI=1S/C16H25N3O2/c17-12-10-15(19(11-12)14-6-7-14)16(21)18(8-9-20)13-4-2-1-3-5-13/h10-11,13-14,20H,1-9,17H2. The summed E-state index contributed by atoms with van der Waals surface area (Å²) in [6.07, 6.45) is 9.82. The predicted octanol–water partition coefficient (Wildman–Crippen LogP) is 2.17. The highest BCUT2D eigenvalue weighted by Gasteiger charge is 2.32. The number of anilines is 1. The number of hydrogen-bond donors (Lipinski definition) is 2. The molecule has 0 spiro atoms. The molecule has 21 heavy (non-hydrogen) atoms. The van der Waals surface area contributed by atoms with Gasteiger partial charge in [-0.05, 0) is 31.7 Å². The maximum absolute atomic E-state index is 12.9. The molecule has 0 saturated heterocycles. The van der Waals surface area contributed by atoms with Crippen LogP contribution in [0, 0.1) is 0 Å². The van der Waals surface area contributed by atoms with Gasteiger partial charge in [0.1, 0.15) is 5.69 Å². The third-order valence-corrected chi connectivity index (χ3v) is 4.65. The topological polar surface area (TPSA) is 71.5 Å². The van der Waals surface area contributed by atoms with Gasteiger partial charge < -0.3 is 20.3 Å². The summed E-state index contributed by atoms with van der Waals surface area (Å²) in [7, 11) is 0. The SMILES string of the molecule is Nc1cc(C(=O)N(CCO)C2CCCCC2)n(C2CC2)c1. The van der Waals surface area contributed by atoms with Crippen molar-refractivity contribution >= 4 is 11.6 Å². The van der Waals surface area contributed by atoms with Gasteiger partial charge in [0.25, 0.3) is 5.91 Å². The van der Waals surface area contributed by atoms with Crippen LogP contribution in [0.1, 0.15) is 61.5 Å². The van der Waals surface area contributed by atoms with Crippen molar-refractivity contribution in [1.82, 2.24) is 9.47 Å². The van der Waals surface area contributed by atoms with Gasteiger partial charge in [0.05, 0.1) is 12.3 Å². The van der Waals surface area contributed by atoms with Crippen molar-refractivity contribution in [3.8, 4) is 0 Å². The predicted molar refractivity (Wildman–Crippen MR) is 82.1 cm³/mol. The Labute approximate surface area is 125 Å². The van der Waals surface area contributed by atoms with Crippen LogP contribution < -0.4 is 5.73 Å². The van der Waals surface area contributed by atoms with E-state index in [2.05, 4.69) is 0 Å². The third kappa shape index (κ3) is 3.07. The number of amides is 1. The summed E-state index contributed by atoms with van der Waals surface area (Å²) in [5.41, 5.74) is 7.23.